The van der Waals surface area contributed by atoms with Crippen molar-refractivity contribution in [3.63, 3.8) is 0 Å². The van der Waals surface area contributed by atoms with Gasteiger partial charge in [-0.05, 0) is 11.6 Å². The van der Waals surface area contributed by atoms with Crippen LogP contribution in [-0.4, -0.2) is 16.5 Å². The minimum absolute atomic E-state index is 0. The van der Waals surface area contributed by atoms with Crippen molar-refractivity contribution in [3.05, 3.63) is 23.8 Å². The van der Waals surface area contributed by atoms with E-state index in [2.05, 4.69) is 0 Å². The van der Waals surface area contributed by atoms with Gasteiger partial charge < -0.3 is 15.0 Å². The molecule has 0 aliphatic heterocycles. The smallest absolute Gasteiger partial charge is 0.158 e. The van der Waals surface area contributed by atoms with Crippen LogP contribution in [-0.2, 0) is 24.3 Å². The average Bonchev–Trinajstić information content (AvgIpc) is 1.88. The number of hydrogen-bond donors (Lipinski definition) is 1. The summed E-state index contributed by atoms with van der Waals surface area (Å²) in [6, 6.07) is 4.26. The van der Waals surface area contributed by atoms with E-state index in [0.717, 1.165) is 0 Å². The van der Waals surface area contributed by atoms with Crippen LogP contribution in [0.2, 0.25) is 0 Å². The maximum atomic E-state index is 10.0. The molecule has 0 amide bonds. The second kappa shape index (κ2) is 4.09. The van der Waals surface area contributed by atoms with Gasteiger partial charge in [-0.25, -0.2) is 0 Å². The molecule has 0 bridgehead atoms. The van der Waals surface area contributed by atoms with Gasteiger partial charge in [-0.15, -0.1) is 0 Å². The third-order valence-corrected chi connectivity index (χ3v) is 1.14. The zero-order valence-electron chi connectivity index (χ0n) is 5.79. The molecule has 4 heteroatoms. The predicted molar refractivity (Wildman–Crippen MR) is 36.0 cm³/mol. The van der Waals surface area contributed by atoms with E-state index in [1.807, 2.05) is 0 Å². The van der Waals surface area contributed by atoms with E-state index < -0.39 is 0 Å². The van der Waals surface area contributed by atoms with Gasteiger partial charge >= 0.3 is 0 Å². The van der Waals surface area contributed by atoms with Crippen LogP contribution in [0, 0.1) is 0 Å². The van der Waals surface area contributed by atoms with Crippen LogP contribution in [0.3, 0.4) is 0 Å². The maximum absolute atomic E-state index is 10.0. The van der Waals surface area contributed by atoms with Crippen LogP contribution in [0.25, 0.3) is 0 Å². The summed E-state index contributed by atoms with van der Waals surface area (Å²) in [6.07, 6.45) is 1.48. The fourth-order valence-electron chi connectivity index (χ4n) is 0.647. The van der Waals surface area contributed by atoms with Gasteiger partial charge in [0.05, 0.1) is 6.29 Å². The van der Waals surface area contributed by atoms with Gasteiger partial charge in [-0.3, -0.25) is 0 Å². The summed E-state index contributed by atoms with van der Waals surface area (Å²) in [5.41, 5.74) is -0.0810. The van der Waals surface area contributed by atoms with E-state index >= 15 is 0 Å². The van der Waals surface area contributed by atoms with Gasteiger partial charge in [0.25, 0.3) is 0 Å². The second-order valence-electron chi connectivity index (χ2n) is 1.80. The number of rotatable bonds is 1. The Morgan fingerprint density at radius 3 is 2.45 bits per heavy atom. The number of benzene rings is 1. The number of carbonyl (C=O) groups excluding carboxylic acids is 1. The van der Waals surface area contributed by atoms with Crippen LogP contribution in [0.4, 0.5) is 0 Å². The van der Waals surface area contributed by atoms with Crippen molar-refractivity contribution in [2.24, 2.45) is 0 Å². The third kappa shape index (κ3) is 2.02. The van der Waals surface area contributed by atoms with E-state index in [4.69, 9.17) is 10.2 Å². The molecule has 54 valence electrons. The van der Waals surface area contributed by atoms with E-state index in [0.29, 0.717) is 0 Å². The Morgan fingerprint density at radius 1 is 1.45 bits per heavy atom. The van der Waals surface area contributed by atoms with Crippen LogP contribution in [0.15, 0.2) is 18.2 Å². The molecule has 0 aliphatic carbocycles. The fourth-order valence-corrected chi connectivity index (χ4v) is 0.647. The summed E-state index contributed by atoms with van der Waals surface area (Å²) in [4.78, 5) is 10.0. The summed E-state index contributed by atoms with van der Waals surface area (Å²) >= 11 is 0. The third-order valence-electron chi connectivity index (χ3n) is 1.14. The number of aromatic hydroxyl groups is 1. The first-order valence-electron chi connectivity index (χ1n) is 2.67. The Labute approximate surface area is 76.4 Å². The molecule has 1 aromatic carbocycles. The van der Waals surface area contributed by atoms with E-state index in [1.165, 1.54) is 24.5 Å². The van der Waals surface area contributed by atoms with Crippen molar-refractivity contribution in [3.8, 4) is 11.5 Å². The molecule has 0 aliphatic rings. The molecule has 3 nitrogen and oxygen atoms in total. The molecule has 3 N–H and O–H groups in total. The summed E-state index contributed by atoms with van der Waals surface area (Å²) in [6.45, 7) is 0. The molecule has 0 saturated heterocycles. The molecule has 0 atom stereocenters. The van der Waals surface area contributed by atoms with Crippen molar-refractivity contribution in [1.82, 2.24) is 0 Å². The molecule has 0 unspecified atom stereocenters. The quantitative estimate of drug-likeness (QED) is 0.405. The van der Waals surface area contributed by atoms with Crippen LogP contribution < -0.4 is 0 Å². The SMILES string of the molecule is O=[C-]c1c(O)cccc1[OH2+].[Zn]. The first kappa shape index (κ1) is 10.1. The molecule has 0 fully saturated rings. The Balaban J connectivity index is 0.000001000. The molecular weight excluding hydrogens is 197 g/mol. The van der Waals surface area contributed by atoms with Crippen molar-refractivity contribution >= 4 is 6.29 Å². The average molecular weight is 204 g/mol. The van der Waals surface area contributed by atoms with E-state index in [9.17, 15) is 4.79 Å². The monoisotopic (exact) mass is 202 g/mol. The maximum Gasteiger partial charge on any atom is 0.158 e. The molecule has 0 aromatic heterocycles. The summed E-state index contributed by atoms with van der Waals surface area (Å²) in [5.74, 6) is -0.197. The molecule has 0 saturated carbocycles. The minimum atomic E-state index is -0.192. The van der Waals surface area contributed by atoms with Crippen LogP contribution in [0.5, 0.6) is 11.5 Å². The Bertz CT molecular complexity index is 240. The van der Waals surface area contributed by atoms with Crippen LogP contribution >= 0.6 is 0 Å². The molecule has 0 radical (unpaired) electrons. The Kier molecular flexibility index (Phi) is 3.76. The van der Waals surface area contributed by atoms with Gasteiger partial charge in [0.15, 0.2) is 5.75 Å². The molecule has 1 aromatic rings. The van der Waals surface area contributed by atoms with Gasteiger partial charge in [-0.2, -0.15) is 0 Å². The molecular formula is C7H6O3Zn. The summed E-state index contributed by atoms with van der Waals surface area (Å²) < 4.78 is 0. The summed E-state index contributed by atoms with van der Waals surface area (Å²) in [7, 11) is 0. The standard InChI is InChI=1S/C7H5O3.Zn/c8-4-5-6(9)2-1-3-7(5)10;/h1-3,9-10H;/q-1;/p+1. The zero-order valence-corrected chi connectivity index (χ0v) is 8.76. The Hall–Kier alpha value is -0.887. The van der Waals surface area contributed by atoms with Gasteiger partial charge in [0, 0.05) is 25.2 Å². The van der Waals surface area contributed by atoms with E-state index in [-0.39, 0.29) is 36.5 Å². The minimum Gasteiger partial charge on any atom is -0.645 e. The number of hydrogen-bond acceptors (Lipinski definition) is 2. The largest absolute Gasteiger partial charge is 0.645 e. The molecule has 0 heterocycles. The summed E-state index contributed by atoms with van der Waals surface area (Å²) in [5, 5.41) is 16.0. The van der Waals surface area contributed by atoms with Crippen molar-refractivity contribution in [1.29, 1.82) is 0 Å². The van der Waals surface area contributed by atoms with Gasteiger partial charge in [-0.1, -0.05) is 12.1 Å². The Morgan fingerprint density at radius 2 is 2.09 bits per heavy atom. The van der Waals surface area contributed by atoms with Gasteiger partial charge in [0.2, 0.25) is 0 Å². The van der Waals surface area contributed by atoms with Crippen LogP contribution in [0.1, 0.15) is 5.56 Å². The first-order chi connectivity index (χ1) is 4.75. The number of phenols is 1. The zero-order chi connectivity index (χ0) is 7.56. The molecule has 1 rings (SSSR count). The normalized spacial score (nSPS) is 8.36. The van der Waals surface area contributed by atoms with E-state index in [1.54, 1.807) is 0 Å². The van der Waals surface area contributed by atoms with Crippen molar-refractivity contribution in [2.75, 3.05) is 0 Å². The number of phenolic OH excluding ortho intramolecular Hbond substituents is 1. The fraction of sp³-hybridized carbons (Fsp3) is 0. The van der Waals surface area contributed by atoms with Crippen molar-refractivity contribution < 1.29 is 34.5 Å². The second-order valence-corrected chi connectivity index (χ2v) is 1.80. The molecule has 0 spiro atoms. The molecule has 11 heavy (non-hydrogen) atoms. The predicted octanol–water partition coefficient (Wildman–Crippen LogP) is 0.285. The van der Waals surface area contributed by atoms with Gasteiger partial charge in [0.1, 0.15) is 0 Å². The first-order valence-corrected chi connectivity index (χ1v) is 2.67. The topological polar surface area (TPSA) is 60.2 Å². The van der Waals surface area contributed by atoms with Crippen molar-refractivity contribution in [2.45, 2.75) is 0 Å².